The summed E-state index contributed by atoms with van der Waals surface area (Å²) >= 11 is 0. The molecule has 0 saturated carbocycles. The lowest BCUT2D eigenvalue weighted by Crippen LogP contribution is -2.08. The maximum absolute atomic E-state index is 4.56. The van der Waals surface area contributed by atoms with E-state index in [4.69, 9.17) is 0 Å². The second kappa shape index (κ2) is 4.52. The van der Waals surface area contributed by atoms with E-state index in [1.165, 1.54) is 0 Å². The van der Waals surface area contributed by atoms with Gasteiger partial charge in [0.1, 0.15) is 5.82 Å². The largest absolute Gasteiger partial charge is 0.263 e. The first kappa shape index (κ1) is 11.8. The molecule has 0 amide bonds. The van der Waals surface area contributed by atoms with Gasteiger partial charge in [0.15, 0.2) is 0 Å². The molecule has 102 valence electrons. The Morgan fingerprint density at radius 3 is 2.52 bits per heavy atom. The fourth-order valence-electron chi connectivity index (χ4n) is 2.46. The molecule has 2 heterocycles. The van der Waals surface area contributed by atoms with E-state index >= 15 is 0 Å². The van der Waals surface area contributed by atoms with Crippen molar-refractivity contribution >= 4 is 11.0 Å². The first-order valence-electron chi connectivity index (χ1n) is 6.63. The molecule has 0 spiro atoms. The van der Waals surface area contributed by atoms with Crippen LogP contribution in [0.1, 0.15) is 5.82 Å². The van der Waals surface area contributed by atoms with Crippen LogP contribution in [0.3, 0.4) is 0 Å². The predicted octanol–water partition coefficient (Wildman–Crippen LogP) is 2.31. The van der Waals surface area contributed by atoms with Crippen molar-refractivity contribution in [3.63, 3.8) is 0 Å². The van der Waals surface area contributed by atoms with Gasteiger partial charge < -0.3 is 0 Å². The number of aromatic nitrogens is 6. The summed E-state index contributed by atoms with van der Waals surface area (Å²) in [5, 5.41) is 12.1. The van der Waals surface area contributed by atoms with Crippen LogP contribution in [0, 0.1) is 6.92 Å². The fraction of sp³-hybridized carbons (Fsp3) is 0.0667. The maximum atomic E-state index is 4.56. The Morgan fingerprint density at radius 2 is 1.67 bits per heavy atom. The lowest BCUT2D eigenvalue weighted by atomic mass is 10.3. The summed E-state index contributed by atoms with van der Waals surface area (Å²) in [6, 6.07) is 17.8. The average Bonchev–Trinajstić information content (AvgIpc) is 3.11. The van der Waals surface area contributed by atoms with Gasteiger partial charge in [0.25, 0.3) is 5.95 Å². The molecule has 6 nitrogen and oxygen atoms in total. The number of hydrogen-bond acceptors (Lipinski definition) is 4. The van der Waals surface area contributed by atoms with Crippen LogP contribution in [0.2, 0.25) is 0 Å². The topological polar surface area (TPSA) is 61.4 Å². The van der Waals surface area contributed by atoms with Crippen molar-refractivity contribution in [3.8, 4) is 11.6 Å². The molecule has 0 atom stereocenters. The van der Waals surface area contributed by atoms with Crippen molar-refractivity contribution in [2.24, 2.45) is 0 Å². The minimum Gasteiger partial charge on any atom is -0.263 e. The quantitative estimate of drug-likeness (QED) is 0.563. The van der Waals surface area contributed by atoms with Crippen molar-refractivity contribution < 1.29 is 0 Å². The van der Waals surface area contributed by atoms with Gasteiger partial charge in [-0.25, -0.2) is 4.98 Å². The molecule has 2 aromatic heterocycles. The molecule has 2 aromatic carbocycles. The van der Waals surface area contributed by atoms with E-state index < -0.39 is 0 Å². The minimum absolute atomic E-state index is 0.632. The Hall–Kier alpha value is -3.02. The van der Waals surface area contributed by atoms with Gasteiger partial charge in [0.05, 0.1) is 16.7 Å². The monoisotopic (exact) mass is 276 g/mol. The summed E-state index contributed by atoms with van der Waals surface area (Å²) in [6.07, 6.45) is 0. The number of rotatable bonds is 2. The molecule has 4 rings (SSSR count). The van der Waals surface area contributed by atoms with Crippen LogP contribution in [0.15, 0.2) is 54.6 Å². The minimum atomic E-state index is 0.632. The highest BCUT2D eigenvalue weighted by atomic mass is 15.6. The highest BCUT2D eigenvalue weighted by Gasteiger charge is 2.16. The Kier molecular flexibility index (Phi) is 2.53. The van der Waals surface area contributed by atoms with Gasteiger partial charge in [0, 0.05) is 0 Å². The van der Waals surface area contributed by atoms with Crippen LogP contribution in [0.5, 0.6) is 0 Å². The highest BCUT2D eigenvalue weighted by molar-refractivity contribution is 5.77. The van der Waals surface area contributed by atoms with Gasteiger partial charge in [-0.3, -0.25) is 4.57 Å². The summed E-state index contributed by atoms with van der Waals surface area (Å²) in [4.78, 5) is 4.56. The smallest absolute Gasteiger partial charge is 0.260 e. The average molecular weight is 276 g/mol. The number of tetrazole rings is 1. The number of hydrogen-bond donors (Lipinski definition) is 0. The number of nitrogens with zero attached hydrogens (tertiary/aromatic N) is 6. The molecule has 4 aromatic rings. The standard InChI is InChI=1S/C15H12N6/c1-11-16-13-9-5-6-10-14(13)20(11)15-17-18-19-21(15)12-7-3-2-4-8-12/h2-10H,1H3. The number of aryl methyl sites for hydroxylation is 1. The first-order chi connectivity index (χ1) is 10.3. The molecule has 0 radical (unpaired) electrons. The molecule has 6 heteroatoms. The molecule has 0 bridgehead atoms. The van der Waals surface area contributed by atoms with Crippen LogP contribution in [-0.4, -0.2) is 29.8 Å². The fourth-order valence-corrected chi connectivity index (χ4v) is 2.46. The van der Waals surface area contributed by atoms with E-state index in [1.807, 2.05) is 66.1 Å². The second-order valence-corrected chi connectivity index (χ2v) is 4.71. The van der Waals surface area contributed by atoms with Crippen LogP contribution in [0.4, 0.5) is 0 Å². The summed E-state index contributed by atoms with van der Waals surface area (Å²) < 4.78 is 3.67. The predicted molar refractivity (Wildman–Crippen MR) is 78.5 cm³/mol. The Labute approximate surface area is 120 Å². The van der Waals surface area contributed by atoms with Gasteiger partial charge in [-0.15, -0.1) is 0 Å². The Bertz CT molecular complexity index is 906. The summed E-state index contributed by atoms with van der Waals surface area (Å²) in [5.41, 5.74) is 2.83. The molecule has 21 heavy (non-hydrogen) atoms. The van der Waals surface area contributed by atoms with E-state index in [0.29, 0.717) is 5.95 Å². The molecule has 0 aliphatic rings. The third-order valence-electron chi connectivity index (χ3n) is 3.38. The summed E-state index contributed by atoms with van der Waals surface area (Å²) in [7, 11) is 0. The zero-order chi connectivity index (χ0) is 14.2. The maximum Gasteiger partial charge on any atom is 0.260 e. The summed E-state index contributed by atoms with van der Waals surface area (Å²) in [5.74, 6) is 1.48. The normalized spacial score (nSPS) is 11.1. The molecule has 0 unspecified atom stereocenters. The van der Waals surface area contributed by atoms with Gasteiger partial charge >= 0.3 is 0 Å². The zero-order valence-corrected chi connectivity index (χ0v) is 11.4. The van der Waals surface area contributed by atoms with Crippen LogP contribution in [0.25, 0.3) is 22.7 Å². The van der Waals surface area contributed by atoms with Crippen LogP contribution >= 0.6 is 0 Å². The van der Waals surface area contributed by atoms with Crippen molar-refractivity contribution in [1.82, 2.24) is 29.8 Å². The number of imidazole rings is 1. The SMILES string of the molecule is Cc1nc2ccccc2n1-c1nnnn1-c1ccccc1. The first-order valence-corrected chi connectivity index (χ1v) is 6.63. The molecular formula is C15H12N6. The van der Waals surface area contributed by atoms with Gasteiger partial charge in [-0.2, -0.15) is 4.68 Å². The van der Waals surface area contributed by atoms with Gasteiger partial charge in [-0.1, -0.05) is 35.4 Å². The molecule has 0 aliphatic heterocycles. The molecule has 0 saturated heterocycles. The number of benzene rings is 2. The molecule has 0 N–H and O–H groups in total. The lowest BCUT2D eigenvalue weighted by molar-refractivity contribution is 0.770. The van der Waals surface area contributed by atoms with E-state index in [1.54, 1.807) is 4.68 Å². The lowest BCUT2D eigenvalue weighted by Gasteiger charge is -2.07. The molecular weight excluding hydrogens is 264 g/mol. The van der Waals surface area contributed by atoms with Crippen LogP contribution < -0.4 is 0 Å². The zero-order valence-electron chi connectivity index (χ0n) is 11.4. The molecule has 0 aliphatic carbocycles. The van der Waals surface area contributed by atoms with Crippen molar-refractivity contribution in [2.75, 3.05) is 0 Å². The third-order valence-corrected chi connectivity index (χ3v) is 3.38. The number of fused-ring (bicyclic) bond motifs is 1. The van der Waals surface area contributed by atoms with Gasteiger partial charge in [0.2, 0.25) is 0 Å². The highest BCUT2D eigenvalue weighted by Crippen LogP contribution is 2.20. The van der Waals surface area contributed by atoms with Crippen molar-refractivity contribution in [2.45, 2.75) is 6.92 Å². The van der Waals surface area contributed by atoms with Crippen molar-refractivity contribution in [1.29, 1.82) is 0 Å². The summed E-state index contributed by atoms with van der Waals surface area (Å²) in [6.45, 7) is 1.95. The van der Waals surface area contributed by atoms with Crippen molar-refractivity contribution in [3.05, 3.63) is 60.4 Å². The Balaban J connectivity index is 1.99. The van der Waals surface area contributed by atoms with E-state index in [2.05, 4.69) is 20.5 Å². The second-order valence-electron chi connectivity index (χ2n) is 4.71. The van der Waals surface area contributed by atoms with Gasteiger partial charge in [-0.05, 0) is 41.6 Å². The molecule has 0 fully saturated rings. The van der Waals surface area contributed by atoms with Crippen LogP contribution in [-0.2, 0) is 0 Å². The van der Waals surface area contributed by atoms with E-state index in [0.717, 1.165) is 22.5 Å². The van der Waals surface area contributed by atoms with E-state index in [-0.39, 0.29) is 0 Å². The Morgan fingerprint density at radius 1 is 0.905 bits per heavy atom. The third kappa shape index (κ3) is 1.80. The van der Waals surface area contributed by atoms with E-state index in [9.17, 15) is 0 Å². The number of para-hydroxylation sites is 3.